The molecule has 0 aromatic heterocycles. The molecular formula is C22H26Cl2FN3O4S. The first-order valence-corrected chi connectivity index (χ1v) is 12.8. The number of nitrogens with zero attached hydrogens (tertiary/aromatic N) is 2. The molecule has 0 unspecified atom stereocenters. The van der Waals surface area contributed by atoms with Crippen LogP contribution in [0.3, 0.4) is 0 Å². The number of rotatable bonds is 10. The Morgan fingerprint density at radius 3 is 2.42 bits per heavy atom. The van der Waals surface area contributed by atoms with Gasteiger partial charge in [-0.25, -0.2) is 12.8 Å². The summed E-state index contributed by atoms with van der Waals surface area (Å²) in [7, 11) is -3.96. The van der Waals surface area contributed by atoms with E-state index in [4.69, 9.17) is 23.2 Å². The van der Waals surface area contributed by atoms with Gasteiger partial charge in [0.2, 0.25) is 21.8 Å². The summed E-state index contributed by atoms with van der Waals surface area (Å²) < 4.78 is 40.2. The van der Waals surface area contributed by atoms with Crippen LogP contribution in [0, 0.1) is 5.82 Å². The van der Waals surface area contributed by atoms with Crippen molar-refractivity contribution in [3.8, 4) is 0 Å². The lowest BCUT2D eigenvalue weighted by atomic mass is 10.1. The van der Waals surface area contributed by atoms with Crippen LogP contribution < -0.4 is 9.62 Å². The second-order valence-electron chi connectivity index (χ2n) is 7.45. The highest BCUT2D eigenvalue weighted by Gasteiger charge is 2.31. The first-order chi connectivity index (χ1) is 15.5. The highest BCUT2D eigenvalue weighted by molar-refractivity contribution is 7.92. The monoisotopic (exact) mass is 517 g/mol. The topological polar surface area (TPSA) is 86.8 Å². The van der Waals surface area contributed by atoms with Crippen LogP contribution in [0.25, 0.3) is 0 Å². The molecule has 2 amide bonds. The number of anilines is 1. The van der Waals surface area contributed by atoms with Crippen LogP contribution in [-0.2, 0) is 26.2 Å². The molecule has 0 saturated carbocycles. The van der Waals surface area contributed by atoms with E-state index < -0.39 is 40.2 Å². The van der Waals surface area contributed by atoms with Crippen LogP contribution in [0.2, 0.25) is 10.0 Å². The lowest BCUT2D eigenvalue weighted by Gasteiger charge is -2.31. The summed E-state index contributed by atoms with van der Waals surface area (Å²) in [5, 5.41) is 3.01. The molecule has 0 fully saturated rings. The number of halogens is 3. The lowest BCUT2D eigenvalue weighted by Crippen LogP contribution is -2.51. The largest absolute Gasteiger partial charge is 0.354 e. The maximum Gasteiger partial charge on any atom is 0.244 e. The Morgan fingerprint density at radius 1 is 1.15 bits per heavy atom. The molecule has 0 bridgehead atoms. The van der Waals surface area contributed by atoms with Gasteiger partial charge in [0.05, 0.1) is 17.0 Å². The van der Waals surface area contributed by atoms with Crippen molar-refractivity contribution in [2.45, 2.75) is 32.9 Å². The van der Waals surface area contributed by atoms with Gasteiger partial charge in [-0.3, -0.25) is 13.9 Å². The van der Waals surface area contributed by atoms with Gasteiger partial charge >= 0.3 is 0 Å². The molecule has 0 heterocycles. The predicted octanol–water partition coefficient (Wildman–Crippen LogP) is 3.84. The van der Waals surface area contributed by atoms with E-state index >= 15 is 0 Å². The van der Waals surface area contributed by atoms with Gasteiger partial charge in [-0.2, -0.15) is 0 Å². The van der Waals surface area contributed by atoms with Gasteiger partial charge in [-0.05, 0) is 37.6 Å². The molecule has 0 saturated heterocycles. The third kappa shape index (κ3) is 7.31. The zero-order valence-corrected chi connectivity index (χ0v) is 20.8. The second-order valence-corrected chi connectivity index (χ2v) is 10.2. The molecule has 2 rings (SSSR count). The van der Waals surface area contributed by atoms with Crippen molar-refractivity contribution in [1.29, 1.82) is 0 Å². The number of carbonyl (C=O) groups is 2. The highest BCUT2D eigenvalue weighted by Crippen LogP contribution is 2.31. The van der Waals surface area contributed by atoms with Gasteiger partial charge in [0.15, 0.2) is 0 Å². The summed E-state index contributed by atoms with van der Waals surface area (Å²) in [4.78, 5) is 27.1. The number of nitrogens with one attached hydrogen (secondary N) is 1. The van der Waals surface area contributed by atoms with Crippen LogP contribution >= 0.6 is 23.2 Å². The van der Waals surface area contributed by atoms with Crippen LogP contribution in [0.5, 0.6) is 0 Å². The Hall–Kier alpha value is -2.36. The van der Waals surface area contributed by atoms with E-state index in [1.54, 1.807) is 6.07 Å². The number of amides is 2. The summed E-state index contributed by atoms with van der Waals surface area (Å²) in [6.07, 6.45) is 1.62. The Bertz CT molecular complexity index is 1110. The van der Waals surface area contributed by atoms with Crippen LogP contribution in [0.1, 0.15) is 25.8 Å². The third-order valence-corrected chi connectivity index (χ3v) is 6.55. The zero-order chi connectivity index (χ0) is 24.8. The fraction of sp³-hybridized carbons (Fsp3) is 0.364. The van der Waals surface area contributed by atoms with Crippen molar-refractivity contribution in [1.82, 2.24) is 10.2 Å². The number of benzene rings is 2. The minimum Gasteiger partial charge on any atom is -0.354 e. The quantitative estimate of drug-likeness (QED) is 0.518. The maximum absolute atomic E-state index is 14.3. The van der Waals surface area contributed by atoms with E-state index in [0.29, 0.717) is 13.0 Å². The summed E-state index contributed by atoms with van der Waals surface area (Å²) >= 11 is 12.2. The van der Waals surface area contributed by atoms with E-state index in [1.807, 2.05) is 6.92 Å². The minimum atomic E-state index is -3.96. The van der Waals surface area contributed by atoms with Crippen LogP contribution in [-0.4, -0.2) is 50.5 Å². The van der Waals surface area contributed by atoms with Crippen molar-refractivity contribution >= 4 is 50.7 Å². The molecule has 0 spiro atoms. The van der Waals surface area contributed by atoms with E-state index in [-0.39, 0.29) is 27.8 Å². The van der Waals surface area contributed by atoms with Gasteiger partial charge < -0.3 is 10.2 Å². The predicted molar refractivity (Wildman–Crippen MR) is 128 cm³/mol. The molecular weight excluding hydrogens is 492 g/mol. The lowest BCUT2D eigenvalue weighted by molar-refractivity contribution is -0.139. The molecule has 0 aliphatic heterocycles. The van der Waals surface area contributed by atoms with Gasteiger partial charge in [0, 0.05) is 23.7 Å². The number of hydrogen-bond donors (Lipinski definition) is 1. The molecule has 11 heteroatoms. The van der Waals surface area contributed by atoms with Gasteiger partial charge in [-0.1, -0.05) is 48.3 Å². The van der Waals surface area contributed by atoms with Gasteiger partial charge in [0.25, 0.3) is 0 Å². The third-order valence-electron chi connectivity index (χ3n) is 4.87. The summed E-state index contributed by atoms with van der Waals surface area (Å²) in [5.41, 5.74) is 0.210. The molecule has 0 aliphatic carbocycles. The Kier molecular flexibility index (Phi) is 9.51. The molecule has 2 aromatic rings. The average Bonchev–Trinajstić information content (AvgIpc) is 2.75. The van der Waals surface area contributed by atoms with Crippen molar-refractivity contribution in [3.63, 3.8) is 0 Å². The minimum absolute atomic E-state index is 0.0222. The summed E-state index contributed by atoms with van der Waals surface area (Å²) in [6, 6.07) is 9.10. The van der Waals surface area contributed by atoms with Crippen molar-refractivity contribution in [2.75, 3.05) is 23.7 Å². The SMILES string of the molecule is CCCNC(=O)[C@H](C)N(Cc1ccccc1F)C(=O)CN(c1cc(Cl)ccc1Cl)S(C)(=O)=O. The van der Waals surface area contributed by atoms with E-state index in [9.17, 15) is 22.4 Å². The maximum atomic E-state index is 14.3. The summed E-state index contributed by atoms with van der Waals surface area (Å²) in [6.45, 7) is 2.90. The Morgan fingerprint density at radius 2 is 1.82 bits per heavy atom. The average molecular weight is 518 g/mol. The Labute approximate surface area is 203 Å². The zero-order valence-electron chi connectivity index (χ0n) is 18.5. The molecule has 0 aliphatic rings. The van der Waals surface area contributed by atoms with Crippen molar-refractivity contribution in [2.24, 2.45) is 0 Å². The van der Waals surface area contributed by atoms with E-state index in [0.717, 1.165) is 15.5 Å². The molecule has 1 atom stereocenters. The molecule has 0 radical (unpaired) electrons. The molecule has 7 nitrogen and oxygen atoms in total. The van der Waals surface area contributed by atoms with Crippen LogP contribution in [0.15, 0.2) is 42.5 Å². The molecule has 180 valence electrons. The van der Waals surface area contributed by atoms with Gasteiger partial charge in [-0.15, -0.1) is 0 Å². The van der Waals surface area contributed by atoms with Crippen molar-refractivity contribution in [3.05, 3.63) is 63.9 Å². The van der Waals surface area contributed by atoms with E-state index in [2.05, 4.69) is 5.32 Å². The fourth-order valence-corrected chi connectivity index (χ4v) is 4.35. The van der Waals surface area contributed by atoms with Gasteiger partial charge in [0.1, 0.15) is 18.4 Å². The van der Waals surface area contributed by atoms with E-state index in [1.165, 1.54) is 43.3 Å². The van der Waals surface area contributed by atoms with Crippen molar-refractivity contribution < 1.29 is 22.4 Å². The Balaban J connectivity index is 2.43. The van der Waals surface area contributed by atoms with Crippen LogP contribution in [0.4, 0.5) is 10.1 Å². The first kappa shape index (κ1) is 26.9. The second kappa shape index (κ2) is 11.7. The normalized spacial score (nSPS) is 12.2. The highest BCUT2D eigenvalue weighted by atomic mass is 35.5. The molecule has 2 aromatic carbocycles. The summed E-state index contributed by atoms with van der Waals surface area (Å²) in [5.74, 6) is -1.69. The smallest absolute Gasteiger partial charge is 0.244 e. The number of hydrogen-bond acceptors (Lipinski definition) is 4. The number of sulfonamides is 1. The fourth-order valence-electron chi connectivity index (χ4n) is 3.06. The first-order valence-electron chi connectivity index (χ1n) is 10.2. The standard InChI is InChI=1S/C22H26Cl2FN3O4S/c1-4-11-26-22(30)15(2)27(13-16-7-5-6-8-19(16)25)21(29)14-28(33(3,31)32)20-12-17(23)9-10-18(20)24/h5-10,12,15H,4,11,13-14H2,1-3H3,(H,26,30)/t15-/m0/s1. The molecule has 33 heavy (non-hydrogen) atoms. The number of carbonyl (C=O) groups excluding carboxylic acids is 2. The molecule has 1 N–H and O–H groups in total.